The van der Waals surface area contributed by atoms with Gasteiger partial charge < -0.3 is 14.5 Å². The fourth-order valence-corrected chi connectivity index (χ4v) is 1.74. The molecule has 0 fully saturated rings. The molecular weight excluding hydrogens is 279 g/mol. The van der Waals surface area contributed by atoms with Gasteiger partial charge in [0, 0.05) is 24.8 Å². The molecular formula is C14H19FN2O4. The van der Waals surface area contributed by atoms with Crippen LogP contribution in [0.25, 0.3) is 0 Å². The van der Waals surface area contributed by atoms with Crippen molar-refractivity contribution in [1.82, 2.24) is 5.12 Å². The maximum atomic E-state index is 13.0. The second-order valence-electron chi connectivity index (χ2n) is 4.33. The molecule has 1 N–H and O–H groups in total. The van der Waals surface area contributed by atoms with Gasteiger partial charge in [-0.15, -0.1) is 5.12 Å². The van der Waals surface area contributed by atoms with Gasteiger partial charge >= 0.3 is 5.63 Å². The summed E-state index contributed by atoms with van der Waals surface area (Å²) < 4.78 is 23.2. The molecule has 1 aromatic rings. The third-order valence-electron chi connectivity index (χ3n) is 2.86. The molecule has 0 bridgehead atoms. The van der Waals surface area contributed by atoms with Gasteiger partial charge in [0.05, 0.1) is 0 Å². The zero-order chi connectivity index (χ0) is 15.8. The minimum absolute atomic E-state index is 0.0469. The monoisotopic (exact) mass is 298 g/mol. The lowest BCUT2D eigenvalue weighted by Crippen LogP contribution is -2.18. The van der Waals surface area contributed by atoms with Crippen molar-refractivity contribution < 1.29 is 18.4 Å². The highest BCUT2D eigenvalue weighted by Crippen LogP contribution is 2.20. The molecule has 21 heavy (non-hydrogen) atoms. The highest BCUT2D eigenvalue weighted by atomic mass is 19.2. The lowest BCUT2D eigenvalue weighted by atomic mass is 10.1. The number of aryl methyl sites for hydroxylation is 1. The molecule has 0 saturated heterocycles. The third kappa shape index (κ3) is 5.03. The van der Waals surface area contributed by atoms with Crippen LogP contribution in [0, 0.1) is 6.92 Å². The molecule has 0 aromatic carbocycles. The summed E-state index contributed by atoms with van der Waals surface area (Å²) in [6.07, 6.45) is 1.34. The number of nitrogens with one attached hydrogen (secondary N) is 1. The van der Waals surface area contributed by atoms with Gasteiger partial charge in [0.15, 0.2) is 0 Å². The average Bonchev–Trinajstić information content (AvgIpc) is 2.46. The van der Waals surface area contributed by atoms with Crippen molar-refractivity contribution in [3.63, 3.8) is 0 Å². The number of nitrogens with zero attached hydrogens (tertiary/aromatic N) is 1. The van der Waals surface area contributed by atoms with E-state index in [0.717, 1.165) is 12.0 Å². The van der Waals surface area contributed by atoms with Gasteiger partial charge in [0.2, 0.25) is 12.3 Å². The first kappa shape index (κ1) is 16.9. The Balaban J connectivity index is 2.85. The Hall–Kier alpha value is -2.15. The molecule has 0 saturated carbocycles. The normalized spacial score (nSPS) is 10.2. The lowest BCUT2D eigenvalue weighted by Gasteiger charge is -2.14. The fourth-order valence-electron chi connectivity index (χ4n) is 1.74. The van der Waals surface area contributed by atoms with E-state index in [-0.39, 0.29) is 23.2 Å². The molecule has 0 unspecified atom stereocenters. The summed E-state index contributed by atoms with van der Waals surface area (Å²) in [4.78, 5) is 21.8. The highest BCUT2D eigenvalue weighted by Gasteiger charge is 2.12. The largest absolute Gasteiger partial charge is 0.406 e. The Kier molecular flexibility index (Phi) is 6.61. The Morgan fingerprint density at radius 3 is 2.95 bits per heavy atom. The molecule has 116 valence electrons. The molecule has 7 heteroatoms. The van der Waals surface area contributed by atoms with Crippen LogP contribution in [0.3, 0.4) is 0 Å². The lowest BCUT2D eigenvalue weighted by molar-refractivity contribution is -0.127. The van der Waals surface area contributed by atoms with Crippen molar-refractivity contribution in [1.29, 1.82) is 0 Å². The van der Waals surface area contributed by atoms with Gasteiger partial charge in [-0.2, -0.15) is 0 Å². The first-order valence-corrected chi connectivity index (χ1v) is 6.57. The summed E-state index contributed by atoms with van der Waals surface area (Å²) in [6.45, 7) is 8.21. The average molecular weight is 298 g/mol. The molecule has 0 atom stereocenters. The Morgan fingerprint density at radius 2 is 2.33 bits per heavy atom. The van der Waals surface area contributed by atoms with E-state index in [1.54, 1.807) is 6.92 Å². The van der Waals surface area contributed by atoms with E-state index in [1.165, 1.54) is 6.07 Å². The van der Waals surface area contributed by atoms with Gasteiger partial charge in [0.25, 0.3) is 0 Å². The van der Waals surface area contributed by atoms with Crippen LogP contribution >= 0.6 is 0 Å². The molecule has 1 heterocycles. The van der Waals surface area contributed by atoms with Crippen LogP contribution in [0.5, 0.6) is 0 Å². The zero-order valence-electron chi connectivity index (χ0n) is 12.1. The second kappa shape index (κ2) is 8.21. The standard InChI is InChI=1S/C14H19FN2O4/c1-4-20-7-5-6-12-8-13(19)21-14(10(12)2)16-11(3)17(15)9-18/h8-9,16H,3-7H2,1-2H3. The minimum atomic E-state index is -0.557. The predicted molar refractivity (Wildman–Crippen MR) is 76.3 cm³/mol. The maximum Gasteiger partial charge on any atom is 0.337 e. The van der Waals surface area contributed by atoms with E-state index >= 15 is 0 Å². The van der Waals surface area contributed by atoms with Gasteiger partial charge in [-0.05, 0) is 32.3 Å². The number of hydrogen-bond donors (Lipinski definition) is 1. The van der Waals surface area contributed by atoms with Crippen LogP contribution in [0.4, 0.5) is 10.4 Å². The summed E-state index contributed by atoms with van der Waals surface area (Å²) in [7, 11) is 0. The maximum absolute atomic E-state index is 13.0. The predicted octanol–water partition coefficient (Wildman–Crippen LogP) is 2.14. The smallest absolute Gasteiger partial charge is 0.337 e. The minimum Gasteiger partial charge on any atom is -0.406 e. The summed E-state index contributed by atoms with van der Waals surface area (Å²) in [5.41, 5.74) is 0.878. The Labute approximate surface area is 122 Å². The zero-order valence-corrected chi connectivity index (χ0v) is 12.1. The van der Waals surface area contributed by atoms with Crippen molar-refractivity contribution in [3.8, 4) is 0 Å². The van der Waals surface area contributed by atoms with Gasteiger partial charge in [0.1, 0.15) is 5.82 Å². The van der Waals surface area contributed by atoms with Crippen molar-refractivity contribution >= 4 is 12.3 Å². The first-order chi connectivity index (χ1) is 9.99. The topological polar surface area (TPSA) is 71.8 Å². The molecule has 0 aliphatic carbocycles. The van der Waals surface area contributed by atoms with Crippen molar-refractivity contribution in [3.05, 3.63) is 40.0 Å². The molecule has 0 spiro atoms. The number of hydrogen-bond acceptors (Lipinski definition) is 5. The Morgan fingerprint density at radius 1 is 1.62 bits per heavy atom. The second-order valence-corrected chi connectivity index (χ2v) is 4.33. The summed E-state index contributed by atoms with van der Waals surface area (Å²) in [5, 5.41) is 2.24. The third-order valence-corrected chi connectivity index (χ3v) is 2.86. The van der Waals surface area contributed by atoms with Gasteiger partial charge in [-0.3, -0.25) is 4.79 Å². The first-order valence-electron chi connectivity index (χ1n) is 6.57. The molecule has 0 aliphatic heterocycles. The summed E-state index contributed by atoms with van der Waals surface area (Å²) in [5.74, 6) is -0.258. The van der Waals surface area contributed by atoms with Crippen molar-refractivity contribution in [2.45, 2.75) is 26.7 Å². The van der Waals surface area contributed by atoms with Crippen LogP contribution in [-0.2, 0) is 16.0 Å². The SMILES string of the molecule is C=C(Nc1oc(=O)cc(CCCOCC)c1C)N(F)C=O. The van der Waals surface area contributed by atoms with Crippen LogP contribution in [0.15, 0.2) is 27.7 Å². The van der Waals surface area contributed by atoms with E-state index in [9.17, 15) is 14.1 Å². The van der Waals surface area contributed by atoms with E-state index in [2.05, 4.69) is 11.9 Å². The van der Waals surface area contributed by atoms with E-state index in [1.807, 2.05) is 6.92 Å². The molecule has 6 nitrogen and oxygen atoms in total. The van der Waals surface area contributed by atoms with E-state index in [4.69, 9.17) is 9.15 Å². The number of ether oxygens (including phenoxy) is 1. The molecule has 0 radical (unpaired) electrons. The highest BCUT2D eigenvalue weighted by molar-refractivity contribution is 5.54. The van der Waals surface area contributed by atoms with Crippen LogP contribution in [0.2, 0.25) is 0 Å². The summed E-state index contributed by atoms with van der Waals surface area (Å²) >= 11 is 0. The Bertz CT molecular complexity index is 556. The number of rotatable bonds is 9. The molecule has 0 aliphatic rings. The number of carbonyl (C=O) groups is 1. The van der Waals surface area contributed by atoms with Crippen LogP contribution in [-0.4, -0.2) is 24.7 Å². The molecule has 1 aromatic heterocycles. The van der Waals surface area contributed by atoms with Crippen molar-refractivity contribution in [2.75, 3.05) is 18.5 Å². The quantitative estimate of drug-likeness (QED) is 0.429. The van der Waals surface area contributed by atoms with Crippen LogP contribution < -0.4 is 10.9 Å². The molecule has 1 amide bonds. The van der Waals surface area contributed by atoms with E-state index < -0.39 is 5.63 Å². The molecule has 1 rings (SSSR count). The van der Waals surface area contributed by atoms with Gasteiger partial charge in [-0.1, -0.05) is 11.1 Å². The van der Waals surface area contributed by atoms with Crippen LogP contribution in [0.1, 0.15) is 24.5 Å². The number of amides is 1. The van der Waals surface area contributed by atoms with Crippen molar-refractivity contribution in [2.24, 2.45) is 0 Å². The number of anilines is 1. The number of carbonyl (C=O) groups excluding carboxylic acids is 1. The summed E-state index contributed by atoms with van der Waals surface area (Å²) in [6, 6.07) is 1.39. The van der Waals surface area contributed by atoms with Gasteiger partial charge in [-0.25, -0.2) is 4.79 Å². The number of halogens is 1. The fraction of sp³-hybridized carbons (Fsp3) is 0.429. The van der Waals surface area contributed by atoms with E-state index in [0.29, 0.717) is 25.2 Å².